The van der Waals surface area contributed by atoms with E-state index in [4.69, 9.17) is 23.7 Å². The van der Waals surface area contributed by atoms with Gasteiger partial charge in [-0.05, 0) is 93.3 Å². The van der Waals surface area contributed by atoms with Gasteiger partial charge >= 0.3 is 5.97 Å². The Hall–Kier alpha value is -2.40. The maximum Gasteiger partial charge on any atom is 0.331 e. The second-order valence-electron chi connectivity index (χ2n) is 15.7. The van der Waals surface area contributed by atoms with Gasteiger partial charge in [-0.2, -0.15) is 0 Å². The smallest absolute Gasteiger partial charge is 0.331 e. The first-order valence-electron chi connectivity index (χ1n) is 17.7. The van der Waals surface area contributed by atoms with Crippen molar-refractivity contribution >= 4 is 18.3 Å². The van der Waals surface area contributed by atoms with E-state index in [1.54, 1.807) is 6.08 Å². The minimum Gasteiger partial charge on any atom is -0.458 e. The number of rotatable bonds is 6. The predicted molar refractivity (Wildman–Crippen MR) is 170 cm³/mol. The summed E-state index contributed by atoms with van der Waals surface area (Å²) in [5, 5.41) is 24.9. The molecule has 0 spiro atoms. The third kappa shape index (κ3) is 4.94. The van der Waals surface area contributed by atoms with Crippen molar-refractivity contribution in [2.75, 3.05) is 6.61 Å². The Kier molecular flexibility index (Phi) is 7.86. The number of esters is 1. The van der Waals surface area contributed by atoms with E-state index >= 15 is 0 Å². The fraction of sp³-hybridized carbons (Fsp3) is 0.684. The maximum atomic E-state index is 13.2. The summed E-state index contributed by atoms with van der Waals surface area (Å²) in [4.78, 5) is 25.1. The molecule has 9 nitrogen and oxygen atoms in total. The van der Waals surface area contributed by atoms with Crippen LogP contribution in [0.5, 0.6) is 0 Å². The van der Waals surface area contributed by atoms with Gasteiger partial charge in [0.25, 0.3) is 0 Å². The zero-order valence-corrected chi connectivity index (χ0v) is 27.4. The number of aliphatic hydroxyl groups is 2. The molecule has 13 unspecified atom stereocenters. The number of benzene rings is 1. The average Bonchev–Trinajstić information content (AvgIpc) is 3.75. The lowest BCUT2D eigenvalue weighted by atomic mass is 9.41. The van der Waals surface area contributed by atoms with E-state index in [-0.39, 0.29) is 48.1 Å². The fourth-order valence-corrected chi connectivity index (χ4v) is 11.3. The van der Waals surface area contributed by atoms with Crippen molar-refractivity contribution in [2.24, 2.45) is 28.6 Å². The number of ether oxygens (including phenoxy) is 5. The van der Waals surface area contributed by atoms with Crippen molar-refractivity contribution in [1.82, 2.24) is 0 Å². The molecule has 13 atom stereocenters. The molecular formula is C38H48O9. The van der Waals surface area contributed by atoms with Gasteiger partial charge < -0.3 is 38.7 Å². The van der Waals surface area contributed by atoms with E-state index in [0.717, 1.165) is 36.7 Å². The third-order valence-corrected chi connectivity index (χ3v) is 13.6. The van der Waals surface area contributed by atoms with Crippen LogP contribution in [0, 0.1) is 28.6 Å². The number of cyclic esters (lactones) is 1. The molecule has 4 saturated carbocycles. The SMILES string of the molecule is CC1OC(OC2CCC3(C=O)C4CCC5(C)C(C6=CC(=O)OC6)CCC5(O)C4CCC3(O)C2)CC2OC(/C=C/c3ccccc3)OC12. The van der Waals surface area contributed by atoms with Crippen LogP contribution in [0.2, 0.25) is 0 Å². The van der Waals surface area contributed by atoms with Crippen LogP contribution in [0.25, 0.3) is 6.08 Å². The van der Waals surface area contributed by atoms with E-state index in [1.165, 1.54) is 0 Å². The topological polar surface area (TPSA) is 121 Å². The van der Waals surface area contributed by atoms with Gasteiger partial charge in [-0.1, -0.05) is 43.3 Å². The molecule has 0 radical (unpaired) electrons. The highest BCUT2D eigenvalue weighted by Gasteiger charge is 2.71. The lowest BCUT2D eigenvalue weighted by Crippen LogP contribution is -2.69. The maximum absolute atomic E-state index is 13.2. The van der Waals surface area contributed by atoms with E-state index in [9.17, 15) is 19.8 Å². The molecule has 254 valence electrons. The summed E-state index contributed by atoms with van der Waals surface area (Å²) in [5.74, 6) is -0.412. The summed E-state index contributed by atoms with van der Waals surface area (Å²) in [6.45, 7) is 4.45. The zero-order chi connectivity index (χ0) is 32.6. The molecule has 2 saturated heterocycles. The Morgan fingerprint density at radius 1 is 0.957 bits per heavy atom. The van der Waals surface area contributed by atoms with Crippen LogP contribution in [0.1, 0.15) is 83.6 Å². The molecule has 0 amide bonds. The van der Waals surface area contributed by atoms with Crippen molar-refractivity contribution < 1.29 is 43.5 Å². The van der Waals surface area contributed by atoms with Gasteiger partial charge in [-0.15, -0.1) is 0 Å². The molecule has 0 bridgehead atoms. The van der Waals surface area contributed by atoms with Gasteiger partial charge in [-0.3, -0.25) is 0 Å². The van der Waals surface area contributed by atoms with Gasteiger partial charge in [0, 0.05) is 24.3 Å². The molecule has 47 heavy (non-hydrogen) atoms. The van der Waals surface area contributed by atoms with Gasteiger partial charge in [-0.25, -0.2) is 4.79 Å². The summed E-state index contributed by atoms with van der Waals surface area (Å²) in [6, 6.07) is 10.0. The monoisotopic (exact) mass is 648 g/mol. The Labute approximate surface area is 276 Å². The number of aldehydes is 1. The highest BCUT2D eigenvalue weighted by molar-refractivity contribution is 5.85. The van der Waals surface area contributed by atoms with Crippen molar-refractivity contribution in [2.45, 2.75) is 126 Å². The number of fused-ring (bicyclic) bond motifs is 6. The van der Waals surface area contributed by atoms with E-state index in [0.29, 0.717) is 51.6 Å². The summed E-state index contributed by atoms with van der Waals surface area (Å²) >= 11 is 0. The van der Waals surface area contributed by atoms with Crippen molar-refractivity contribution in [3.05, 3.63) is 53.6 Å². The first-order chi connectivity index (χ1) is 22.6. The largest absolute Gasteiger partial charge is 0.458 e. The van der Waals surface area contributed by atoms with Gasteiger partial charge in [0.1, 0.15) is 19.0 Å². The molecule has 2 N–H and O–H groups in total. The third-order valence-electron chi connectivity index (χ3n) is 13.6. The predicted octanol–water partition coefficient (Wildman–Crippen LogP) is 4.88. The molecular weight excluding hydrogens is 600 g/mol. The Morgan fingerprint density at radius 2 is 1.77 bits per heavy atom. The number of carbonyl (C=O) groups excluding carboxylic acids is 2. The summed E-state index contributed by atoms with van der Waals surface area (Å²) in [6.07, 6.45) is 10.9. The molecule has 7 aliphatic rings. The van der Waals surface area contributed by atoms with Gasteiger partial charge in [0.05, 0.1) is 34.9 Å². The van der Waals surface area contributed by atoms with E-state index in [2.05, 4.69) is 6.92 Å². The fourth-order valence-electron chi connectivity index (χ4n) is 11.3. The van der Waals surface area contributed by atoms with Crippen LogP contribution in [0.15, 0.2) is 48.1 Å². The van der Waals surface area contributed by atoms with Gasteiger partial charge in [0.15, 0.2) is 12.6 Å². The molecule has 3 aliphatic heterocycles. The van der Waals surface area contributed by atoms with Gasteiger partial charge in [0.2, 0.25) is 0 Å². The highest BCUT2D eigenvalue weighted by Crippen LogP contribution is 2.70. The minimum atomic E-state index is -1.21. The summed E-state index contributed by atoms with van der Waals surface area (Å²) < 4.78 is 30.5. The van der Waals surface area contributed by atoms with Crippen molar-refractivity contribution in [3.63, 3.8) is 0 Å². The first-order valence-corrected chi connectivity index (χ1v) is 17.7. The van der Waals surface area contributed by atoms with E-state index in [1.807, 2.05) is 49.4 Å². The number of hydrogen-bond acceptors (Lipinski definition) is 9. The van der Waals surface area contributed by atoms with Crippen LogP contribution in [0.3, 0.4) is 0 Å². The highest BCUT2D eigenvalue weighted by atomic mass is 16.8. The molecule has 1 aromatic carbocycles. The normalized spacial score (nSPS) is 49.1. The quantitative estimate of drug-likeness (QED) is 0.253. The Morgan fingerprint density at radius 3 is 2.53 bits per heavy atom. The lowest BCUT2D eigenvalue weighted by molar-refractivity contribution is -0.278. The summed E-state index contributed by atoms with van der Waals surface area (Å²) in [5.41, 5.74) is -1.43. The van der Waals surface area contributed by atoms with Crippen LogP contribution in [0.4, 0.5) is 0 Å². The molecule has 0 aromatic heterocycles. The second kappa shape index (κ2) is 11.6. The summed E-state index contributed by atoms with van der Waals surface area (Å²) in [7, 11) is 0. The number of carbonyl (C=O) groups is 2. The minimum absolute atomic E-state index is 0.0823. The van der Waals surface area contributed by atoms with Crippen molar-refractivity contribution in [3.8, 4) is 0 Å². The Balaban J connectivity index is 0.937. The first kappa shape index (κ1) is 31.8. The standard InChI is InChI=1S/C38H48O9/c1-23-34-30(46-32(47-34)9-8-24-6-4-3-5-7-24)19-33(44-23)45-26-10-15-36(22-39)28-11-14-35(2)27(25-18-31(40)43-21-25)13-17-38(35,42)29(28)12-16-37(36,41)20-26/h3-9,18,22-23,26-30,32-34,41-42H,10-17,19-21H2,1-2H3/b9-8+. The lowest BCUT2D eigenvalue weighted by Gasteiger charge is -2.65. The molecule has 3 heterocycles. The van der Waals surface area contributed by atoms with Crippen molar-refractivity contribution in [1.29, 1.82) is 0 Å². The molecule has 8 rings (SSSR count). The molecule has 4 aliphatic carbocycles. The molecule has 6 fully saturated rings. The van der Waals surface area contributed by atoms with E-state index < -0.39 is 34.6 Å². The van der Waals surface area contributed by atoms with Crippen LogP contribution in [-0.2, 0) is 33.3 Å². The average molecular weight is 649 g/mol. The molecule has 9 heteroatoms. The Bertz CT molecular complexity index is 1440. The van der Waals surface area contributed by atoms with Crippen LogP contribution >= 0.6 is 0 Å². The van der Waals surface area contributed by atoms with Crippen LogP contribution in [-0.4, -0.2) is 77.3 Å². The molecule has 1 aromatic rings. The second-order valence-corrected chi connectivity index (χ2v) is 15.7. The zero-order valence-electron chi connectivity index (χ0n) is 27.4. The van der Waals surface area contributed by atoms with Crippen LogP contribution < -0.4 is 0 Å². The number of hydrogen-bond donors (Lipinski definition) is 2.